The van der Waals surface area contributed by atoms with Crippen molar-refractivity contribution < 1.29 is 9.59 Å². The highest BCUT2D eigenvalue weighted by atomic mass is 79.9. The molecule has 0 bridgehead atoms. The van der Waals surface area contributed by atoms with Crippen LogP contribution in [-0.4, -0.2) is 23.5 Å². The molecule has 0 atom stereocenters. The maximum absolute atomic E-state index is 11.9. The first-order valence-electron chi connectivity index (χ1n) is 5.80. The van der Waals surface area contributed by atoms with Crippen LogP contribution in [0.5, 0.6) is 0 Å². The van der Waals surface area contributed by atoms with E-state index >= 15 is 0 Å². The van der Waals surface area contributed by atoms with E-state index in [2.05, 4.69) is 26.2 Å². The summed E-state index contributed by atoms with van der Waals surface area (Å²) in [7, 11) is 0. The SMILES string of the molecule is O=C1CCN(c2cccc3c(Br)cncc23)C(=O)N1. The molecule has 1 saturated heterocycles. The number of benzene rings is 1. The van der Waals surface area contributed by atoms with Gasteiger partial charge in [0.05, 0.1) is 5.69 Å². The Balaban J connectivity index is 2.13. The predicted molar refractivity (Wildman–Crippen MR) is 74.9 cm³/mol. The zero-order chi connectivity index (χ0) is 13.4. The minimum Gasteiger partial charge on any atom is -0.293 e. The minimum atomic E-state index is -0.385. The van der Waals surface area contributed by atoms with E-state index in [0.717, 1.165) is 20.9 Å². The first kappa shape index (κ1) is 12.1. The Bertz CT molecular complexity index is 687. The van der Waals surface area contributed by atoms with Crippen molar-refractivity contribution in [1.29, 1.82) is 0 Å². The summed E-state index contributed by atoms with van der Waals surface area (Å²) in [5.74, 6) is -0.235. The summed E-state index contributed by atoms with van der Waals surface area (Å²) in [5.41, 5.74) is 0.760. The lowest BCUT2D eigenvalue weighted by molar-refractivity contribution is -0.120. The molecule has 1 aromatic carbocycles. The molecule has 5 nitrogen and oxygen atoms in total. The van der Waals surface area contributed by atoms with Crippen molar-refractivity contribution in [3.8, 4) is 0 Å². The fourth-order valence-electron chi connectivity index (χ4n) is 2.17. The van der Waals surface area contributed by atoms with Crippen molar-refractivity contribution in [3.63, 3.8) is 0 Å². The monoisotopic (exact) mass is 319 g/mol. The first-order chi connectivity index (χ1) is 9.16. The van der Waals surface area contributed by atoms with E-state index in [9.17, 15) is 9.59 Å². The summed E-state index contributed by atoms with van der Waals surface area (Å²) in [6, 6.07) is 5.30. The molecule has 1 fully saturated rings. The van der Waals surface area contributed by atoms with Crippen LogP contribution >= 0.6 is 15.9 Å². The molecule has 0 radical (unpaired) electrons. The van der Waals surface area contributed by atoms with E-state index in [0.29, 0.717) is 13.0 Å². The molecule has 0 spiro atoms. The van der Waals surface area contributed by atoms with Crippen molar-refractivity contribution in [2.75, 3.05) is 11.4 Å². The number of imide groups is 1. The van der Waals surface area contributed by atoms with Gasteiger partial charge in [-0.3, -0.25) is 20.0 Å². The number of carbonyl (C=O) groups is 2. The summed E-state index contributed by atoms with van der Waals surface area (Å²) in [6.45, 7) is 0.385. The van der Waals surface area contributed by atoms with Crippen LogP contribution in [0.2, 0.25) is 0 Å². The van der Waals surface area contributed by atoms with Crippen LogP contribution in [0.15, 0.2) is 35.1 Å². The van der Waals surface area contributed by atoms with Crippen LogP contribution in [-0.2, 0) is 4.79 Å². The van der Waals surface area contributed by atoms with Gasteiger partial charge < -0.3 is 0 Å². The summed E-state index contributed by atoms with van der Waals surface area (Å²) >= 11 is 3.44. The summed E-state index contributed by atoms with van der Waals surface area (Å²) in [6.07, 6.45) is 3.74. The molecule has 0 aliphatic carbocycles. The van der Waals surface area contributed by atoms with E-state index < -0.39 is 0 Å². The van der Waals surface area contributed by atoms with Gasteiger partial charge in [0, 0.05) is 40.6 Å². The molecular weight excluding hydrogens is 310 g/mol. The molecule has 1 aliphatic rings. The fraction of sp³-hybridized carbons (Fsp3) is 0.154. The van der Waals surface area contributed by atoms with E-state index in [1.165, 1.54) is 0 Å². The standard InChI is InChI=1S/C13H10BrN3O2/c14-10-7-15-6-9-8(10)2-1-3-11(9)17-5-4-12(18)16-13(17)19/h1-3,6-7H,4-5H2,(H,16,18,19). The molecule has 1 aliphatic heterocycles. The first-order valence-corrected chi connectivity index (χ1v) is 6.59. The number of anilines is 1. The topological polar surface area (TPSA) is 62.3 Å². The third-order valence-electron chi connectivity index (χ3n) is 3.08. The number of halogens is 1. The fourth-order valence-corrected chi connectivity index (χ4v) is 2.64. The lowest BCUT2D eigenvalue weighted by Crippen LogP contribution is -2.49. The number of hydrogen-bond donors (Lipinski definition) is 1. The largest absolute Gasteiger partial charge is 0.328 e. The third-order valence-corrected chi connectivity index (χ3v) is 3.71. The molecule has 19 heavy (non-hydrogen) atoms. The highest BCUT2D eigenvalue weighted by Gasteiger charge is 2.25. The molecule has 6 heteroatoms. The number of amides is 3. The number of aromatic nitrogens is 1. The number of nitrogens with zero attached hydrogens (tertiary/aromatic N) is 2. The second-order valence-corrected chi connectivity index (χ2v) is 5.10. The van der Waals surface area contributed by atoms with Gasteiger partial charge in [-0.1, -0.05) is 12.1 Å². The van der Waals surface area contributed by atoms with Crippen molar-refractivity contribution in [2.24, 2.45) is 0 Å². The average molecular weight is 320 g/mol. The van der Waals surface area contributed by atoms with Gasteiger partial charge in [-0.15, -0.1) is 0 Å². The van der Waals surface area contributed by atoms with E-state index in [1.54, 1.807) is 17.3 Å². The van der Waals surface area contributed by atoms with Gasteiger partial charge >= 0.3 is 6.03 Å². The number of rotatable bonds is 1. The zero-order valence-corrected chi connectivity index (χ0v) is 11.5. The maximum Gasteiger partial charge on any atom is 0.328 e. The summed E-state index contributed by atoms with van der Waals surface area (Å²) in [4.78, 5) is 28.8. The number of hydrogen-bond acceptors (Lipinski definition) is 3. The minimum absolute atomic E-state index is 0.235. The molecule has 96 valence electrons. The molecule has 1 N–H and O–H groups in total. The Morgan fingerprint density at radius 3 is 2.84 bits per heavy atom. The Hall–Kier alpha value is -1.95. The number of fused-ring (bicyclic) bond motifs is 1. The second kappa shape index (κ2) is 4.62. The Labute approximate surface area is 117 Å². The molecule has 2 aromatic rings. The number of pyridine rings is 1. The van der Waals surface area contributed by atoms with Gasteiger partial charge in [-0.25, -0.2) is 4.79 Å². The van der Waals surface area contributed by atoms with Gasteiger partial charge in [0.15, 0.2) is 0 Å². The third kappa shape index (κ3) is 2.08. The van der Waals surface area contributed by atoms with Crippen LogP contribution in [0.1, 0.15) is 6.42 Å². The van der Waals surface area contributed by atoms with Crippen LogP contribution in [0.3, 0.4) is 0 Å². The Kier molecular flexibility index (Phi) is 2.94. The van der Waals surface area contributed by atoms with Gasteiger partial charge in [-0.2, -0.15) is 0 Å². The maximum atomic E-state index is 11.9. The van der Waals surface area contributed by atoms with Crippen LogP contribution in [0.4, 0.5) is 10.5 Å². The van der Waals surface area contributed by atoms with Crippen molar-refractivity contribution in [1.82, 2.24) is 10.3 Å². The highest BCUT2D eigenvalue weighted by molar-refractivity contribution is 9.10. The van der Waals surface area contributed by atoms with Crippen molar-refractivity contribution in [2.45, 2.75) is 6.42 Å². The quantitative estimate of drug-likeness (QED) is 0.878. The van der Waals surface area contributed by atoms with Crippen LogP contribution < -0.4 is 10.2 Å². The normalized spacial score (nSPS) is 15.7. The Morgan fingerprint density at radius 2 is 2.05 bits per heavy atom. The zero-order valence-electron chi connectivity index (χ0n) is 9.89. The molecule has 0 saturated carbocycles. The van der Waals surface area contributed by atoms with Crippen molar-refractivity contribution >= 4 is 44.3 Å². The molecule has 2 heterocycles. The molecule has 3 amide bonds. The van der Waals surface area contributed by atoms with Crippen LogP contribution in [0.25, 0.3) is 10.8 Å². The predicted octanol–water partition coefficient (Wildman–Crippen LogP) is 2.44. The van der Waals surface area contributed by atoms with Crippen LogP contribution in [0, 0.1) is 0 Å². The smallest absolute Gasteiger partial charge is 0.293 e. The molecule has 3 rings (SSSR count). The van der Waals surface area contributed by atoms with Gasteiger partial charge in [0.25, 0.3) is 0 Å². The van der Waals surface area contributed by atoms with E-state index in [-0.39, 0.29) is 11.9 Å². The molecule has 0 unspecified atom stereocenters. The van der Waals surface area contributed by atoms with Gasteiger partial charge in [-0.05, 0) is 22.0 Å². The number of carbonyl (C=O) groups excluding carboxylic acids is 2. The van der Waals surface area contributed by atoms with E-state index in [4.69, 9.17) is 0 Å². The second-order valence-electron chi connectivity index (χ2n) is 4.25. The number of nitrogens with one attached hydrogen (secondary N) is 1. The Morgan fingerprint density at radius 1 is 1.21 bits per heavy atom. The summed E-state index contributed by atoms with van der Waals surface area (Å²) < 4.78 is 0.875. The average Bonchev–Trinajstić information content (AvgIpc) is 2.39. The highest BCUT2D eigenvalue weighted by Crippen LogP contribution is 2.31. The van der Waals surface area contributed by atoms with E-state index in [1.807, 2.05) is 18.2 Å². The molecule has 1 aromatic heterocycles. The summed E-state index contributed by atoms with van der Waals surface area (Å²) in [5, 5.41) is 4.18. The van der Waals surface area contributed by atoms with Gasteiger partial charge in [0.1, 0.15) is 0 Å². The lowest BCUT2D eigenvalue weighted by atomic mass is 10.1. The lowest BCUT2D eigenvalue weighted by Gasteiger charge is -2.27. The van der Waals surface area contributed by atoms with Crippen molar-refractivity contribution in [3.05, 3.63) is 35.1 Å². The van der Waals surface area contributed by atoms with Gasteiger partial charge in [0.2, 0.25) is 5.91 Å². The molecular formula is C13H10BrN3O2. The number of urea groups is 1.